The Morgan fingerprint density at radius 1 is 0.875 bits per heavy atom. The van der Waals surface area contributed by atoms with Crippen LogP contribution in [0.1, 0.15) is 81.6 Å². The lowest BCUT2D eigenvalue weighted by Gasteiger charge is -2.40. The molecule has 0 aliphatic rings. The molecular formula is C24H45N3O4S. The van der Waals surface area contributed by atoms with Crippen molar-refractivity contribution in [2.75, 3.05) is 24.6 Å². The Bertz CT molecular complexity index is 856. The summed E-state index contributed by atoms with van der Waals surface area (Å²) in [5.41, 5.74) is 11.1. The molecule has 0 radical (unpaired) electrons. The molecule has 8 heteroatoms. The van der Waals surface area contributed by atoms with Gasteiger partial charge in [-0.2, -0.15) is 0 Å². The first-order valence-electron chi connectivity index (χ1n) is 11.2. The third kappa shape index (κ3) is 10.5. The standard InChI is InChI=1S/C24H45N3O4S/c1-21(2,3)17-24(8,9)31-23(6,7)13-15-30-22(4,5)12-14-27-32(28,29)20-11-10-18(25)16-19(20)26/h10-11,16,27H,12-15,17,25-26H2,1-9H3. The molecule has 186 valence electrons. The number of ether oxygens (including phenoxy) is 2. The smallest absolute Gasteiger partial charge is 0.242 e. The maximum Gasteiger partial charge on any atom is 0.242 e. The van der Waals surface area contributed by atoms with Crippen LogP contribution >= 0.6 is 0 Å². The molecule has 0 aromatic heterocycles. The van der Waals surface area contributed by atoms with E-state index in [-0.39, 0.29) is 33.7 Å². The summed E-state index contributed by atoms with van der Waals surface area (Å²) in [5.74, 6) is 0. The van der Waals surface area contributed by atoms with E-state index in [2.05, 4.69) is 53.2 Å². The highest BCUT2D eigenvalue weighted by atomic mass is 32.2. The van der Waals surface area contributed by atoms with Crippen LogP contribution in [0.5, 0.6) is 0 Å². The fourth-order valence-electron chi connectivity index (χ4n) is 4.13. The molecule has 5 N–H and O–H groups in total. The van der Waals surface area contributed by atoms with Crippen molar-refractivity contribution >= 4 is 21.4 Å². The van der Waals surface area contributed by atoms with E-state index in [1.54, 1.807) is 0 Å². The summed E-state index contributed by atoms with van der Waals surface area (Å²) in [6.45, 7) is 19.7. The molecule has 0 fully saturated rings. The van der Waals surface area contributed by atoms with Crippen LogP contribution in [-0.2, 0) is 19.5 Å². The molecule has 0 bridgehead atoms. The maximum atomic E-state index is 12.5. The van der Waals surface area contributed by atoms with Crippen LogP contribution in [-0.4, -0.2) is 38.4 Å². The molecule has 0 heterocycles. The molecule has 7 nitrogen and oxygen atoms in total. The third-order valence-corrected chi connectivity index (χ3v) is 6.58. The van der Waals surface area contributed by atoms with E-state index in [1.807, 2.05) is 13.8 Å². The van der Waals surface area contributed by atoms with Gasteiger partial charge in [-0.25, -0.2) is 13.1 Å². The molecule has 0 amide bonds. The fourth-order valence-corrected chi connectivity index (χ4v) is 5.28. The van der Waals surface area contributed by atoms with E-state index in [4.69, 9.17) is 20.9 Å². The lowest BCUT2D eigenvalue weighted by atomic mass is 9.83. The molecule has 0 spiro atoms. The predicted octanol–water partition coefficient (Wildman–Crippen LogP) is 4.71. The Labute approximate surface area is 195 Å². The van der Waals surface area contributed by atoms with E-state index in [0.29, 0.717) is 18.7 Å². The van der Waals surface area contributed by atoms with Gasteiger partial charge in [0.1, 0.15) is 4.90 Å². The number of anilines is 2. The summed E-state index contributed by atoms with van der Waals surface area (Å²) in [5, 5.41) is 0. The van der Waals surface area contributed by atoms with Crippen molar-refractivity contribution in [3.8, 4) is 0 Å². The van der Waals surface area contributed by atoms with Gasteiger partial charge in [-0.15, -0.1) is 0 Å². The SMILES string of the molecule is CC(C)(C)CC(C)(C)OC(C)(C)CCOC(C)(C)CCNS(=O)(=O)c1ccc(N)cc1N. The van der Waals surface area contributed by atoms with Crippen LogP contribution in [0.15, 0.2) is 23.1 Å². The van der Waals surface area contributed by atoms with Crippen molar-refractivity contribution in [1.82, 2.24) is 4.72 Å². The highest BCUT2D eigenvalue weighted by Crippen LogP contribution is 2.34. The summed E-state index contributed by atoms with van der Waals surface area (Å²) in [4.78, 5) is 0.0298. The second-order valence-corrected chi connectivity index (χ2v) is 13.4. The summed E-state index contributed by atoms with van der Waals surface area (Å²) < 4.78 is 40.2. The van der Waals surface area contributed by atoms with Crippen LogP contribution in [0.4, 0.5) is 11.4 Å². The van der Waals surface area contributed by atoms with Crippen molar-refractivity contribution in [3.63, 3.8) is 0 Å². The fraction of sp³-hybridized carbons (Fsp3) is 0.750. The molecule has 32 heavy (non-hydrogen) atoms. The summed E-state index contributed by atoms with van der Waals surface area (Å²) in [7, 11) is -3.72. The minimum Gasteiger partial charge on any atom is -0.399 e. The van der Waals surface area contributed by atoms with Gasteiger partial charge in [-0.05, 0) is 84.4 Å². The molecule has 0 aliphatic carbocycles. The number of rotatable bonds is 12. The Hall–Kier alpha value is -1.35. The van der Waals surface area contributed by atoms with Crippen molar-refractivity contribution < 1.29 is 17.9 Å². The van der Waals surface area contributed by atoms with E-state index >= 15 is 0 Å². The van der Waals surface area contributed by atoms with Gasteiger partial charge in [-0.3, -0.25) is 0 Å². The van der Waals surface area contributed by atoms with E-state index in [9.17, 15) is 8.42 Å². The third-order valence-electron chi connectivity index (χ3n) is 5.05. The predicted molar refractivity (Wildman–Crippen MR) is 133 cm³/mol. The van der Waals surface area contributed by atoms with E-state index in [0.717, 1.165) is 12.8 Å². The van der Waals surface area contributed by atoms with Gasteiger partial charge in [-0.1, -0.05) is 20.8 Å². The number of nitrogens with two attached hydrogens (primary N) is 2. The number of hydrogen-bond acceptors (Lipinski definition) is 6. The summed E-state index contributed by atoms with van der Waals surface area (Å²) in [6.07, 6.45) is 2.20. The van der Waals surface area contributed by atoms with Crippen molar-refractivity contribution in [1.29, 1.82) is 0 Å². The van der Waals surface area contributed by atoms with Gasteiger partial charge in [0.2, 0.25) is 10.0 Å². The maximum absolute atomic E-state index is 12.5. The monoisotopic (exact) mass is 471 g/mol. The number of nitrogen functional groups attached to an aromatic ring is 2. The number of sulfonamides is 1. The number of hydrogen-bond donors (Lipinski definition) is 3. The van der Waals surface area contributed by atoms with E-state index in [1.165, 1.54) is 18.2 Å². The molecule has 0 unspecified atom stereocenters. The Morgan fingerprint density at radius 3 is 2.00 bits per heavy atom. The second-order valence-electron chi connectivity index (χ2n) is 11.7. The number of benzene rings is 1. The first-order valence-corrected chi connectivity index (χ1v) is 12.7. The van der Waals surface area contributed by atoms with Crippen molar-refractivity contribution in [2.45, 2.75) is 103 Å². The normalized spacial score (nSPS) is 14.0. The molecule has 0 aliphatic heterocycles. The van der Waals surface area contributed by atoms with Crippen LogP contribution in [0.2, 0.25) is 0 Å². The van der Waals surface area contributed by atoms with Crippen LogP contribution in [0.25, 0.3) is 0 Å². The van der Waals surface area contributed by atoms with Crippen molar-refractivity contribution in [2.24, 2.45) is 5.41 Å². The van der Waals surface area contributed by atoms with Crippen molar-refractivity contribution in [3.05, 3.63) is 18.2 Å². The van der Waals surface area contributed by atoms with Gasteiger partial charge in [0.05, 0.1) is 29.1 Å². The van der Waals surface area contributed by atoms with Gasteiger partial charge in [0.15, 0.2) is 0 Å². The zero-order valence-corrected chi connectivity index (χ0v) is 22.3. The minimum atomic E-state index is -3.72. The van der Waals surface area contributed by atoms with Crippen LogP contribution < -0.4 is 16.2 Å². The zero-order chi connectivity index (χ0) is 25.0. The average Bonchev–Trinajstić information content (AvgIpc) is 2.49. The lowest BCUT2D eigenvalue weighted by Crippen LogP contribution is -2.41. The minimum absolute atomic E-state index is 0.0298. The molecule has 0 saturated heterocycles. The summed E-state index contributed by atoms with van der Waals surface area (Å²) >= 11 is 0. The first kappa shape index (κ1) is 28.7. The zero-order valence-electron chi connectivity index (χ0n) is 21.5. The molecule has 1 rings (SSSR count). The summed E-state index contributed by atoms with van der Waals surface area (Å²) in [6, 6.07) is 4.37. The average molecular weight is 472 g/mol. The van der Waals surface area contributed by atoms with Crippen LogP contribution in [0, 0.1) is 5.41 Å². The van der Waals surface area contributed by atoms with Crippen LogP contribution in [0.3, 0.4) is 0 Å². The van der Waals surface area contributed by atoms with Gasteiger partial charge in [0.25, 0.3) is 0 Å². The Kier molecular flexibility index (Phi) is 9.22. The van der Waals surface area contributed by atoms with Gasteiger partial charge in [0, 0.05) is 12.2 Å². The molecule has 0 atom stereocenters. The number of nitrogens with one attached hydrogen (secondary N) is 1. The van der Waals surface area contributed by atoms with Gasteiger partial charge >= 0.3 is 0 Å². The second kappa shape index (κ2) is 10.3. The quantitative estimate of drug-likeness (QED) is 0.380. The highest BCUT2D eigenvalue weighted by molar-refractivity contribution is 7.89. The largest absolute Gasteiger partial charge is 0.399 e. The molecule has 1 aromatic carbocycles. The van der Waals surface area contributed by atoms with E-state index < -0.39 is 15.6 Å². The molecule has 1 aromatic rings. The Morgan fingerprint density at radius 2 is 1.47 bits per heavy atom. The first-order chi connectivity index (χ1) is 14.2. The Balaban J connectivity index is 2.54. The topological polar surface area (TPSA) is 117 Å². The lowest BCUT2D eigenvalue weighted by molar-refractivity contribution is -0.151. The van der Waals surface area contributed by atoms with Gasteiger partial charge < -0.3 is 20.9 Å². The highest BCUT2D eigenvalue weighted by Gasteiger charge is 2.33. The molecular weight excluding hydrogens is 426 g/mol. The molecule has 0 saturated carbocycles.